The summed E-state index contributed by atoms with van der Waals surface area (Å²) in [6, 6.07) is 4.69. The minimum absolute atomic E-state index is 0.227. The molecule has 2 aliphatic heterocycles. The predicted octanol–water partition coefficient (Wildman–Crippen LogP) is 1.71. The Kier molecular flexibility index (Phi) is 6.33. The topological polar surface area (TPSA) is 58.1 Å². The van der Waals surface area contributed by atoms with Crippen molar-refractivity contribution in [1.82, 2.24) is 15.5 Å². The quantitative estimate of drug-likeness (QED) is 0.593. The third-order valence-electron chi connectivity index (χ3n) is 4.85. The van der Waals surface area contributed by atoms with Crippen LogP contribution in [0.1, 0.15) is 24.8 Å². The summed E-state index contributed by atoms with van der Waals surface area (Å²) < 4.78 is 11.0. The van der Waals surface area contributed by atoms with Crippen LogP contribution in [0.4, 0.5) is 0 Å². The molecule has 3 rings (SSSR count). The number of rotatable bonds is 6. The molecule has 0 radical (unpaired) electrons. The smallest absolute Gasteiger partial charge is 0.191 e. The highest BCUT2D eigenvalue weighted by Crippen LogP contribution is 2.27. The van der Waals surface area contributed by atoms with Gasteiger partial charge in [-0.05, 0) is 18.4 Å². The summed E-state index contributed by atoms with van der Waals surface area (Å²) in [5.74, 6) is 0.857. The third kappa shape index (κ3) is 4.94. The molecule has 0 spiro atoms. The molecule has 2 unspecified atom stereocenters. The number of guanidine groups is 1. The van der Waals surface area contributed by atoms with Crippen LogP contribution in [-0.2, 0) is 9.47 Å². The Bertz CT molecular complexity index is 559. The van der Waals surface area contributed by atoms with Crippen LogP contribution in [0, 0.1) is 5.41 Å². The fourth-order valence-corrected chi connectivity index (χ4v) is 4.14. The summed E-state index contributed by atoms with van der Waals surface area (Å²) in [6.45, 7) is 10.5. The molecule has 2 aliphatic rings. The van der Waals surface area contributed by atoms with Crippen molar-refractivity contribution in [3.8, 4) is 0 Å². The van der Waals surface area contributed by atoms with Gasteiger partial charge >= 0.3 is 0 Å². The first-order valence-corrected chi connectivity index (χ1v) is 9.89. The molecule has 1 aromatic heterocycles. The van der Waals surface area contributed by atoms with E-state index in [1.54, 1.807) is 0 Å². The van der Waals surface area contributed by atoms with Crippen molar-refractivity contribution in [3.05, 3.63) is 22.4 Å². The zero-order valence-corrected chi connectivity index (χ0v) is 16.3. The molecule has 3 heterocycles. The number of nitrogens with zero attached hydrogens (tertiary/aromatic N) is 2. The number of hydrogen-bond acceptors (Lipinski definition) is 5. The Labute approximate surface area is 154 Å². The summed E-state index contributed by atoms with van der Waals surface area (Å²) >= 11 is 1.82. The van der Waals surface area contributed by atoms with Crippen molar-refractivity contribution < 1.29 is 9.47 Å². The van der Waals surface area contributed by atoms with E-state index in [2.05, 4.69) is 51.9 Å². The summed E-state index contributed by atoms with van der Waals surface area (Å²) in [6.07, 6.45) is 0.284. The number of aliphatic imine (C=N–C) groups is 1. The average Bonchev–Trinajstić information content (AvgIpc) is 3.10. The van der Waals surface area contributed by atoms with Crippen molar-refractivity contribution in [2.45, 2.75) is 26.0 Å². The third-order valence-corrected chi connectivity index (χ3v) is 5.83. The molecule has 1 aromatic rings. The molecule has 0 bridgehead atoms. The molecular formula is C18H30N4O2S. The molecule has 25 heavy (non-hydrogen) atoms. The highest BCUT2D eigenvalue weighted by molar-refractivity contribution is 7.10. The van der Waals surface area contributed by atoms with Gasteiger partial charge in [0.25, 0.3) is 0 Å². The Morgan fingerprint density at radius 1 is 1.48 bits per heavy atom. The maximum absolute atomic E-state index is 5.71. The Balaban J connectivity index is 1.57. The van der Waals surface area contributed by atoms with Crippen molar-refractivity contribution in [2.24, 2.45) is 10.4 Å². The van der Waals surface area contributed by atoms with Crippen LogP contribution in [0.5, 0.6) is 0 Å². The van der Waals surface area contributed by atoms with E-state index in [9.17, 15) is 0 Å². The normalized spacial score (nSPS) is 25.2. The minimum Gasteiger partial charge on any atom is -0.380 e. The van der Waals surface area contributed by atoms with Crippen molar-refractivity contribution in [2.75, 3.05) is 53.0 Å². The Morgan fingerprint density at radius 2 is 2.32 bits per heavy atom. The van der Waals surface area contributed by atoms with E-state index in [0.29, 0.717) is 6.04 Å². The van der Waals surface area contributed by atoms with Gasteiger partial charge in [0.1, 0.15) is 0 Å². The first-order valence-electron chi connectivity index (χ1n) is 9.01. The van der Waals surface area contributed by atoms with E-state index in [-0.39, 0.29) is 11.5 Å². The molecule has 2 saturated heterocycles. The monoisotopic (exact) mass is 366 g/mol. The first-order chi connectivity index (χ1) is 12.1. The van der Waals surface area contributed by atoms with Gasteiger partial charge in [-0.2, -0.15) is 0 Å². The van der Waals surface area contributed by atoms with E-state index in [0.717, 1.165) is 52.0 Å². The minimum atomic E-state index is 0.227. The second kappa shape index (κ2) is 8.49. The average molecular weight is 367 g/mol. The molecule has 7 heteroatoms. The van der Waals surface area contributed by atoms with Crippen LogP contribution >= 0.6 is 11.3 Å². The molecule has 0 aliphatic carbocycles. The van der Waals surface area contributed by atoms with Crippen molar-refractivity contribution >= 4 is 17.3 Å². The lowest BCUT2D eigenvalue weighted by atomic mass is 9.89. The zero-order chi connectivity index (χ0) is 17.7. The van der Waals surface area contributed by atoms with Crippen LogP contribution < -0.4 is 10.6 Å². The van der Waals surface area contributed by atoms with Gasteiger partial charge in [0.15, 0.2) is 5.96 Å². The number of ether oxygens (including phenoxy) is 2. The zero-order valence-electron chi connectivity index (χ0n) is 15.5. The highest BCUT2D eigenvalue weighted by Gasteiger charge is 2.33. The van der Waals surface area contributed by atoms with Crippen LogP contribution in [0.15, 0.2) is 22.5 Å². The fourth-order valence-electron chi connectivity index (χ4n) is 3.28. The summed E-state index contributed by atoms with van der Waals surface area (Å²) in [7, 11) is 1.83. The SMILES string of the molecule is CN=C(NCC(c1cccs1)N1CCOC(C)C1)NCC1(C)COC1. The standard InChI is InChI=1S/C18H30N4O2S/c1-14-10-22(6-7-24-14)15(16-5-4-8-25-16)9-20-17(19-3)21-11-18(2)12-23-13-18/h4-5,8,14-15H,6-7,9-13H2,1-3H3,(H2,19,20,21). The van der Waals surface area contributed by atoms with Crippen LogP contribution in [0.3, 0.4) is 0 Å². The number of hydrogen-bond donors (Lipinski definition) is 2. The maximum atomic E-state index is 5.71. The van der Waals surface area contributed by atoms with Gasteiger partial charge < -0.3 is 20.1 Å². The van der Waals surface area contributed by atoms with Gasteiger partial charge in [0.05, 0.1) is 32.0 Å². The highest BCUT2D eigenvalue weighted by atomic mass is 32.1. The maximum Gasteiger partial charge on any atom is 0.191 e. The van der Waals surface area contributed by atoms with Gasteiger partial charge in [0, 0.05) is 43.5 Å². The molecule has 0 aromatic carbocycles. The van der Waals surface area contributed by atoms with Crippen LogP contribution in [0.25, 0.3) is 0 Å². The number of nitrogens with one attached hydrogen (secondary N) is 2. The van der Waals surface area contributed by atoms with Crippen molar-refractivity contribution in [3.63, 3.8) is 0 Å². The number of thiophene rings is 1. The van der Waals surface area contributed by atoms with Gasteiger partial charge in [-0.3, -0.25) is 9.89 Å². The molecule has 2 atom stereocenters. The van der Waals surface area contributed by atoms with Crippen LogP contribution in [-0.4, -0.2) is 70.0 Å². The second-order valence-corrected chi connectivity index (χ2v) is 8.30. The molecule has 2 fully saturated rings. The largest absolute Gasteiger partial charge is 0.380 e. The number of morpholine rings is 1. The first kappa shape index (κ1) is 18.6. The lowest BCUT2D eigenvalue weighted by Crippen LogP contribution is -2.52. The Hall–Kier alpha value is -1.15. The van der Waals surface area contributed by atoms with E-state index in [4.69, 9.17) is 9.47 Å². The molecule has 0 saturated carbocycles. The van der Waals surface area contributed by atoms with E-state index in [1.807, 2.05) is 18.4 Å². The van der Waals surface area contributed by atoms with Crippen molar-refractivity contribution in [1.29, 1.82) is 0 Å². The second-order valence-electron chi connectivity index (χ2n) is 7.32. The van der Waals surface area contributed by atoms with Gasteiger partial charge in [-0.25, -0.2) is 0 Å². The summed E-state index contributed by atoms with van der Waals surface area (Å²) in [5.41, 5.74) is 0.227. The lowest BCUT2D eigenvalue weighted by Gasteiger charge is -2.39. The van der Waals surface area contributed by atoms with E-state index < -0.39 is 0 Å². The van der Waals surface area contributed by atoms with Crippen LogP contribution in [0.2, 0.25) is 0 Å². The lowest BCUT2D eigenvalue weighted by molar-refractivity contribution is -0.0971. The Morgan fingerprint density at radius 3 is 2.92 bits per heavy atom. The molecule has 0 amide bonds. The summed E-state index contributed by atoms with van der Waals surface area (Å²) in [5, 5.41) is 9.11. The molecular weight excluding hydrogens is 336 g/mol. The molecule has 6 nitrogen and oxygen atoms in total. The molecule has 140 valence electrons. The van der Waals surface area contributed by atoms with Gasteiger partial charge in [-0.15, -0.1) is 11.3 Å². The fraction of sp³-hybridized carbons (Fsp3) is 0.722. The van der Waals surface area contributed by atoms with Gasteiger partial charge in [-0.1, -0.05) is 13.0 Å². The summed E-state index contributed by atoms with van der Waals surface area (Å²) in [4.78, 5) is 8.28. The van der Waals surface area contributed by atoms with Gasteiger partial charge in [0.2, 0.25) is 0 Å². The van der Waals surface area contributed by atoms with E-state index in [1.165, 1.54) is 4.88 Å². The predicted molar refractivity (Wildman–Crippen MR) is 102 cm³/mol. The van der Waals surface area contributed by atoms with E-state index >= 15 is 0 Å². The molecule has 2 N–H and O–H groups in total.